The van der Waals surface area contributed by atoms with E-state index in [4.69, 9.17) is 0 Å². The zero-order chi connectivity index (χ0) is 18.1. The topological polar surface area (TPSA) is 63.9 Å². The summed E-state index contributed by atoms with van der Waals surface area (Å²) in [4.78, 5) is 28.0. The highest BCUT2D eigenvalue weighted by Crippen LogP contribution is 2.31. The minimum absolute atomic E-state index is 0.195. The molecule has 1 aromatic carbocycles. The lowest BCUT2D eigenvalue weighted by molar-refractivity contribution is 0.0972. The molecule has 0 saturated heterocycles. The molecular formula is C19H17N5OS. The third-order valence-electron chi connectivity index (χ3n) is 4.07. The molecule has 0 aliphatic heterocycles. The number of nitrogens with zero attached hydrogens (tertiary/aromatic N) is 5. The van der Waals surface area contributed by atoms with E-state index in [9.17, 15) is 4.79 Å². The zero-order valence-corrected chi connectivity index (χ0v) is 15.3. The summed E-state index contributed by atoms with van der Waals surface area (Å²) in [6.07, 6.45) is 5.10. The van der Waals surface area contributed by atoms with Crippen LogP contribution < -0.4 is 4.90 Å². The average Bonchev–Trinajstić information content (AvgIpc) is 3.25. The number of thiazole rings is 1. The van der Waals surface area contributed by atoms with Crippen molar-refractivity contribution in [3.63, 3.8) is 0 Å². The van der Waals surface area contributed by atoms with Crippen LogP contribution in [0.2, 0.25) is 0 Å². The summed E-state index contributed by atoms with van der Waals surface area (Å²) in [7, 11) is 1.81. The van der Waals surface area contributed by atoms with Gasteiger partial charge in [-0.25, -0.2) is 9.97 Å². The van der Waals surface area contributed by atoms with Crippen molar-refractivity contribution >= 4 is 32.6 Å². The van der Waals surface area contributed by atoms with Gasteiger partial charge in [0.15, 0.2) is 11.0 Å². The number of anilines is 1. The van der Waals surface area contributed by atoms with E-state index in [0.29, 0.717) is 17.5 Å². The number of hydrogen-bond acceptors (Lipinski definition) is 5. The Morgan fingerprint density at radius 3 is 2.81 bits per heavy atom. The van der Waals surface area contributed by atoms with E-state index in [2.05, 4.69) is 21.0 Å². The number of carbonyl (C=O) groups excluding carboxylic acids is 1. The first-order valence-corrected chi connectivity index (χ1v) is 9.00. The average molecular weight is 363 g/mol. The lowest BCUT2D eigenvalue weighted by Crippen LogP contribution is -2.32. The van der Waals surface area contributed by atoms with Crippen LogP contribution in [0.5, 0.6) is 0 Å². The van der Waals surface area contributed by atoms with Gasteiger partial charge in [-0.15, -0.1) is 0 Å². The third-order valence-corrected chi connectivity index (χ3v) is 5.11. The molecule has 0 radical (unpaired) electrons. The molecule has 1 amide bonds. The van der Waals surface area contributed by atoms with Gasteiger partial charge in [-0.1, -0.05) is 23.5 Å². The second kappa shape index (κ2) is 6.68. The molecule has 7 heteroatoms. The largest absolute Gasteiger partial charge is 0.330 e. The Kier molecular flexibility index (Phi) is 4.22. The number of carbonyl (C=O) groups is 1. The van der Waals surface area contributed by atoms with E-state index in [-0.39, 0.29) is 5.91 Å². The molecule has 0 unspecified atom stereocenters. The van der Waals surface area contributed by atoms with Crippen LogP contribution in [0.3, 0.4) is 0 Å². The van der Waals surface area contributed by atoms with Crippen LogP contribution >= 0.6 is 11.3 Å². The van der Waals surface area contributed by atoms with Gasteiger partial charge in [-0.2, -0.15) is 0 Å². The Morgan fingerprint density at radius 1 is 1.19 bits per heavy atom. The molecule has 4 rings (SSSR count). The first-order valence-electron chi connectivity index (χ1n) is 8.18. The number of hydrogen-bond donors (Lipinski definition) is 0. The number of imidazole rings is 1. The van der Waals surface area contributed by atoms with E-state index < -0.39 is 0 Å². The van der Waals surface area contributed by atoms with Crippen LogP contribution in [0, 0.1) is 6.92 Å². The van der Waals surface area contributed by atoms with Crippen LogP contribution in [-0.4, -0.2) is 25.4 Å². The van der Waals surface area contributed by atoms with Crippen LogP contribution in [0.1, 0.15) is 21.9 Å². The van der Waals surface area contributed by atoms with Gasteiger partial charge >= 0.3 is 0 Å². The molecule has 0 fully saturated rings. The normalized spacial score (nSPS) is 11.0. The van der Waals surface area contributed by atoms with Crippen molar-refractivity contribution in [1.82, 2.24) is 19.5 Å². The third kappa shape index (κ3) is 3.09. The molecule has 26 heavy (non-hydrogen) atoms. The Morgan fingerprint density at radius 2 is 2.08 bits per heavy atom. The second-order valence-electron chi connectivity index (χ2n) is 6.04. The highest BCUT2D eigenvalue weighted by atomic mass is 32.1. The number of rotatable bonds is 4. The molecule has 0 atom stereocenters. The highest BCUT2D eigenvalue weighted by Gasteiger charge is 2.25. The van der Waals surface area contributed by atoms with Gasteiger partial charge in [0, 0.05) is 25.6 Å². The Balaban J connectivity index is 1.78. The quantitative estimate of drug-likeness (QED) is 0.556. The molecule has 3 aromatic heterocycles. The zero-order valence-electron chi connectivity index (χ0n) is 14.5. The maximum Gasteiger partial charge on any atom is 0.296 e. The van der Waals surface area contributed by atoms with E-state index in [1.54, 1.807) is 35.1 Å². The van der Waals surface area contributed by atoms with Crippen LogP contribution in [0.15, 0.2) is 55.0 Å². The first kappa shape index (κ1) is 16.4. The molecular weight excluding hydrogens is 346 g/mol. The number of aromatic nitrogens is 4. The molecule has 0 aliphatic rings. The first-order chi connectivity index (χ1) is 12.6. The van der Waals surface area contributed by atoms with E-state index in [1.807, 2.05) is 37.3 Å². The Hall–Kier alpha value is -3.06. The van der Waals surface area contributed by atoms with Gasteiger partial charge in [0.1, 0.15) is 0 Å². The van der Waals surface area contributed by atoms with Gasteiger partial charge in [0.2, 0.25) is 0 Å². The number of fused-ring (bicyclic) bond motifs is 1. The van der Waals surface area contributed by atoms with Crippen molar-refractivity contribution in [2.75, 3.05) is 4.90 Å². The number of benzene rings is 1. The highest BCUT2D eigenvalue weighted by molar-refractivity contribution is 7.22. The van der Waals surface area contributed by atoms with Gasteiger partial charge in [-0.05, 0) is 36.8 Å². The number of pyridine rings is 1. The predicted octanol–water partition coefficient (Wildman–Crippen LogP) is 3.58. The fourth-order valence-corrected chi connectivity index (χ4v) is 3.77. The smallest absolute Gasteiger partial charge is 0.296 e. The summed E-state index contributed by atoms with van der Waals surface area (Å²) in [5.41, 5.74) is 2.85. The molecule has 4 aromatic rings. The fraction of sp³-hybridized carbons (Fsp3) is 0.158. The van der Waals surface area contributed by atoms with Gasteiger partial charge in [-0.3, -0.25) is 14.7 Å². The van der Waals surface area contributed by atoms with Crippen LogP contribution in [-0.2, 0) is 13.6 Å². The summed E-state index contributed by atoms with van der Waals surface area (Å²) in [6, 6.07) is 11.8. The number of amides is 1. The maximum absolute atomic E-state index is 13.2. The lowest BCUT2D eigenvalue weighted by atomic mass is 10.2. The van der Waals surface area contributed by atoms with Crippen molar-refractivity contribution in [3.05, 3.63) is 72.1 Å². The van der Waals surface area contributed by atoms with Gasteiger partial charge < -0.3 is 4.57 Å². The molecule has 0 N–H and O–H groups in total. The lowest BCUT2D eigenvalue weighted by Gasteiger charge is -2.19. The molecule has 0 spiro atoms. The molecule has 6 nitrogen and oxygen atoms in total. The molecule has 0 saturated carbocycles. The summed E-state index contributed by atoms with van der Waals surface area (Å²) < 4.78 is 2.77. The Labute approximate surface area is 154 Å². The van der Waals surface area contributed by atoms with Crippen molar-refractivity contribution < 1.29 is 4.79 Å². The standard InChI is InChI=1S/C19H17N5OS/c1-13-6-7-15-16(11-13)26-19(22-15)24(12-14-5-3-4-8-20-14)18(25)17-21-9-10-23(17)2/h3-11H,12H2,1-2H3. The molecule has 0 bridgehead atoms. The summed E-state index contributed by atoms with van der Waals surface area (Å²) in [5.74, 6) is 0.176. The monoisotopic (exact) mass is 363 g/mol. The molecule has 3 heterocycles. The minimum Gasteiger partial charge on any atom is -0.330 e. The summed E-state index contributed by atoms with van der Waals surface area (Å²) in [5, 5.41) is 0.643. The van der Waals surface area contributed by atoms with E-state index >= 15 is 0 Å². The molecule has 130 valence electrons. The summed E-state index contributed by atoms with van der Waals surface area (Å²) >= 11 is 1.50. The van der Waals surface area contributed by atoms with E-state index in [1.165, 1.54) is 16.9 Å². The maximum atomic E-state index is 13.2. The molecule has 0 aliphatic carbocycles. The van der Waals surface area contributed by atoms with Crippen molar-refractivity contribution in [2.45, 2.75) is 13.5 Å². The second-order valence-corrected chi connectivity index (χ2v) is 7.05. The SMILES string of the molecule is Cc1ccc2nc(N(Cc3ccccn3)C(=O)c3nccn3C)sc2c1. The van der Waals surface area contributed by atoms with Gasteiger partial charge in [0.25, 0.3) is 5.91 Å². The predicted molar refractivity (Wildman–Crippen MR) is 102 cm³/mol. The minimum atomic E-state index is -0.195. The number of aryl methyl sites for hydroxylation is 2. The summed E-state index contributed by atoms with van der Waals surface area (Å²) in [6.45, 7) is 2.38. The van der Waals surface area contributed by atoms with Gasteiger partial charge in [0.05, 0.1) is 22.5 Å². The van der Waals surface area contributed by atoms with Crippen LogP contribution in [0.4, 0.5) is 5.13 Å². The van der Waals surface area contributed by atoms with E-state index in [0.717, 1.165) is 15.9 Å². The Bertz CT molecular complexity index is 1070. The van der Waals surface area contributed by atoms with Crippen LogP contribution in [0.25, 0.3) is 10.2 Å². The van der Waals surface area contributed by atoms with Crippen molar-refractivity contribution in [1.29, 1.82) is 0 Å². The van der Waals surface area contributed by atoms with Crippen molar-refractivity contribution in [3.8, 4) is 0 Å². The fourth-order valence-electron chi connectivity index (χ4n) is 2.71. The van der Waals surface area contributed by atoms with Crippen molar-refractivity contribution in [2.24, 2.45) is 7.05 Å².